The standard InChI is InChI=1S/C15H18FN5O2S/c1-23-10-9-21-15(17-18-19-21)24-13-3-2-8-20(14(13)22)12-6-4-11(16)5-7-12/h4-7,13H,2-3,8-10H2,1H3. The summed E-state index contributed by atoms with van der Waals surface area (Å²) in [5.74, 6) is -0.314. The second-order valence-electron chi connectivity index (χ2n) is 5.39. The third-order valence-electron chi connectivity index (χ3n) is 3.78. The van der Waals surface area contributed by atoms with Crippen LogP contribution in [0.4, 0.5) is 10.1 Å². The van der Waals surface area contributed by atoms with E-state index in [1.807, 2.05) is 0 Å². The van der Waals surface area contributed by atoms with Crippen molar-refractivity contribution >= 4 is 23.4 Å². The Kier molecular flexibility index (Phi) is 5.41. The van der Waals surface area contributed by atoms with Crippen LogP contribution < -0.4 is 4.90 Å². The Bertz CT molecular complexity index is 693. The highest BCUT2D eigenvalue weighted by Gasteiger charge is 2.31. The fourth-order valence-corrected chi connectivity index (χ4v) is 3.66. The Morgan fingerprint density at radius 3 is 2.92 bits per heavy atom. The molecule has 9 heteroatoms. The van der Waals surface area contributed by atoms with Gasteiger partial charge >= 0.3 is 0 Å². The van der Waals surface area contributed by atoms with Crippen LogP contribution in [0.15, 0.2) is 29.4 Å². The van der Waals surface area contributed by atoms with Crippen molar-refractivity contribution in [2.45, 2.75) is 29.8 Å². The predicted molar refractivity (Wildman–Crippen MR) is 87.3 cm³/mol. The molecule has 0 radical (unpaired) electrons. The van der Waals surface area contributed by atoms with E-state index >= 15 is 0 Å². The Balaban J connectivity index is 1.71. The van der Waals surface area contributed by atoms with Crippen LogP contribution in [-0.4, -0.2) is 51.6 Å². The number of amides is 1. The first-order chi connectivity index (χ1) is 11.7. The molecule has 1 aliphatic heterocycles. The fraction of sp³-hybridized carbons (Fsp3) is 0.467. The summed E-state index contributed by atoms with van der Waals surface area (Å²) < 4.78 is 19.8. The van der Waals surface area contributed by atoms with E-state index in [0.717, 1.165) is 12.8 Å². The lowest BCUT2D eigenvalue weighted by Gasteiger charge is -2.31. The zero-order valence-electron chi connectivity index (χ0n) is 13.3. The van der Waals surface area contributed by atoms with Crippen LogP contribution in [0, 0.1) is 5.82 Å². The van der Waals surface area contributed by atoms with Crippen LogP contribution in [0.1, 0.15) is 12.8 Å². The van der Waals surface area contributed by atoms with Gasteiger partial charge in [0.15, 0.2) is 0 Å². The lowest BCUT2D eigenvalue weighted by atomic mass is 10.1. The van der Waals surface area contributed by atoms with E-state index in [1.165, 1.54) is 23.9 Å². The van der Waals surface area contributed by atoms with Crippen molar-refractivity contribution in [1.29, 1.82) is 0 Å². The number of rotatable bonds is 6. The largest absolute Gasteiger partial charge is 0.383 e. The Hall–Kier alpha value is -2.00. The second-order valence-corrected chi connectivity index (χ2v) is 6.56. The maximum atomic E-state index is 13.1. The first-order valence-corrected chi connectivity index (χ1v) is 8.55. The van der Waals surface area contributed by atoms with E-state index in [2.05, 4.69) is 15.5 Å². The average molecular weight is 351 g/mol. The van der Waals surface area contributed by atoms with E-state index in [1.54, 1.807) is 28.8 Å². The van der Waals surface area contributed by atoms with Gasteiger partial charge in [-0.25, -0.2) is 9.07 Å². The number of anilines is 1. The zero-order valence-corrected chi connectivity index (χ0v) is 14.1. The molecule has 1 aliphatic rings. The molecule has 2 aromatic rings. The molecule has 2 heterocycles. The van der Waals surface area contributed by atoms with Gasteiger partial charge in [-0.05, 0) is 47.5 Å². The van der Waals surface area contributed by atoms with Crippen LogP contribution >= 0.6 is 11.8 Å². The number of carbonyl (C=O) groups excluding carboxylic acids is 1. The number of tetrazole rings is 1. The van der Waals surface area contributed by atoms with Crippen molar-refractivity contribution in [2.24, 2.45) is 0 Å². The molecule has 0 spiro atoms. The smallest absolute Gasteiger partial charge is 0.240 e. The monoisotopic (exact) mass is 351 g/mol. The summed E-state index contributed by atoms with van der Waals surface area (Å²) in [6, 6.07) is 5.99. The summed E-state index contributed by atoms with van der Waals surface area (Å²) in [4.78, 5) is 14.5. The molecule has 1 amide bonds. The number of piperidine rings is 1. The summed E-state index contributed by atoms with van der Waals surface area (Å²) in [7, 11) is 1.61. The maximum Gasteiger partial charge on any atom is 0.240 e. The molecule has 1 fully saturated rings. The summed E-state index contributed by atoms with van der Waals surface area (Å²) in [6.07, 6.45) is 1.64. The number of nitrogens with zero attached hydrogens (tertiary/aromatic N) is 5. The number of halogens is 1. The number of carbonyl (C=O) groups is 1. The first kappa shape index (κ1) is 16.8. The SMILES string of the molecule is COCCn1nnnc1SC1CCCN(c2ccc(F)cc2)C1=O. The summed E-state index contributed by atoms with van der Waals surface area (Å²) >= 11 is 1.36. The third-order valence-corrected chi connectivity index (χ3v) is 5.01. The number of methoxy groups -OCH3 is 1. The van der Waals surface area contributed by atoms with Gasteiger partial charge in [-0.2, -0.15) is 0 Å². The van der Waals surface area contributed by atoms with Gasteiger partial charge in [0.05, 0.1) is 18.4 Å². The van der Waals surface area contributed by atoms with Crippen molar-refractivity contribution < 1.29 is 13.9 Å². The minimum atomic E-state index is -0.313. The molecule has 1 aromatic carbocycles. The molecular formula is C15H18FN5O2S. The van der Waals surface area contributed by atoms with E-state index in [9.17, 15) is 9.18 Å². The highest BCUT2D eigenvalue weighted by molar-refractivity contribution is 8.00. The first-order valence-electron chi connectivity index (χ1n) is 7.68. The van der Waals surface area contributed by atoms with Crippen LogP contribution in [0.3, 0.4) is 0 Å². The molecule has 24 heavy (non-hydrogen) atoms. The van der Waals surface area contributed by atoms with Crippen LogP contribution in [0.5, 0.6) is 0 Å². The van der Waals surface area contributed by atoms with E-state index in [0.29, 0.717) is 30.5 Å². The van der Waals surface area contributed by atoms with Crippen molar-refractivity contribution in [3.63, 3.8) is 0 Å². The zero-order chi connectivity index (χ0) is 16.9. The Morgan fingerprint density at radius 2 is 2.17 bits per heavy atom. The van der Waals surface area contributed by atoms with Gasteiger partial charge in [0, 0.05) is 19.3 Å². The number of thioether (sulfide) groups is 1. The molecule has 1 saturated heterocycles. The second kappa shape index (κ2) is 7.71. The molecule has 7 nitrogen and oxygen atoms in total. The van der Waals surface area contributed by atoms with Gasteiger partial charge in [-0.1, -0.05) is 11.8 Å². The lowest BCUT2D eigenvalue weighted by Crippen LogP contribution is -2.43. The van der Waals surface area contributed by atoms with Crippen LogP contribution in [0.25, 0.3) is 0 Å². The van der Waals surface area contributed by atoms with Gasteiger partial charge in [-0.3, -0.25) is 4.79 Å². The number of hydrogen-bond acceptors (Lipinski definition) is 6. The van der Waals surface area contributed by atoms with Gasteiger partial charge < -0.3 is 9.64 Å². The van der Waals surface area contributed by atoms with Crippen molar-refractivity contribution in [3.8, 4) is 0 Å². The highest BCUT2D eigenvalue weighted by atomic mass is 32.2. The van der Waals surface area contributed by atoms with E-state index < -0.39 is 0 Å². The normalized spacial score (nSPS) is 18.2. The summed E-state index contributed by atoms with van der Waals surface area (Å²) in [6.45, 7) is 1.67. The number of benzene rings is 1. The van der Waals surface area contributed by atoms with Gasteiger partial charge in [0.2, 0.25) is 11.1 Å². The van der Waals surface area contributed by atoms with Gasteiger partial charge in [0.25, 0.3) is 0 Å². The van der Waals surface area contributed by atoms with Crippen LogP contribution in [0.2, 0.25) is 0 Å². The van der Waals surface area contributed by atoms with Gasteiger partial charge in [0.1, 0.15) is 5.82 Å². The quantitative estimate of drug-likeness (QED) is 0.789. The van der Waals surface area contributed by atoms with Crippen molar-refractivity contribution in [3.05, 3.63) is 30.1 Å². The molecule has 0 aliphatic carbocycles. The minimum absolute atomic E-state index is 0.000787. The van der Waals surface area contributed by atoms with E-state index in [-0.39, 0.29) is 17.0 Å². The average Bonchev–Trinajstić information content (AvgIpc) is 3.03. The summed E-state index contributed by atoms with van der Waals surface area (Å²) in [5.41, 5.74) is 0.714. The van der Waals surface area contributed by atoms with Gasteiger partial charge in [-0.15, -0.1) is 5.10 Å². The molecule has 1 unspecified atom stereocenters. The minimum Gasteiger partial charge on any atom is -0.383 e. The molecular weight excluding hydrogens is 333 g/mol. The van der Waals surface area contributed by atoms with E-state index in [4.69, 9.17) is 4.74 Å². The lowest BCUT2D eigenvalue weighted by molar-refractivity contribution is -0.119. The van der Waals surface area contributed by atoms with Crippen molar-refractivity contribution in [2.75, 3.05) is 25.2 Å². The molecule has 128 valence electrons. The Morgan fingerprint density at radius 1 is 1.38 bits per heavy atom. The Labute approximate surface area is 143 Å². The molecule has 3 rings (SSSR count). The molecule has 0 saturated carbocycles. The molecule has 1 atom stereocenters. The maximum absolute atomic E-state index is 13.1. The molecule has 0 N–H and O–H groups in total. The number of hydrogen-bond donors (Lipinski definition) is 0. The highest BCUT2D eigenvalue weighted by Crippen LogP contribution is 2.31. The van der Waals surface area contributed by atoms with Crippen molar-refractivity contribution in [1.82, 2.24) is 20.2 Å². The number of aromatic nitrogens is 4. The molecule has 1 aromatic heterocycles. The third kappa shape index (κ3) is 3.73. The fourth-order valence-electron chi connectivity index (χ4n) is 2.56. The number of ether oxygens (including phenoxy) is 1. The van der Waals surface area contributed by atoms with Crippen LogP contribution in [-0.2, 0) is 16.1 Å². The summed E-state index contributed by atoms with van der Waals surface area (Å²) in [5, 5.41) is 11.9. The predicted octanol–water partition coefficient (Wildman–Crippen LogP) is 1.75. The molecule has 0 bridgehead atoms. The topological polar surface area (TPSA) is 73.1 Å².